The molecule has 1 atom stereocenters. The fourth-order valence-corrected chi connectivity index (χ4v) is 8.30. The molecular weight excluding hydrogens is 908 g/mol. The number of nitrogen functional groups attached to an aromatic ring is 1. The van der Waals surface area contributed by atoms with Crippen molar-refractivity contribution in [3.63, 3.8) is 0 Å². The number of anilines is 3. The van der Waals surface area contributed by atoms with E-state index in [-0.39, 0.29) is 29.4 Å². The van der Waals surface area contributed by atoms with Crippen LogP contribution in [0.2, 0.25) is 5.02 Å². The number of thiophene rings is 1. The van der Waals surface area contributed by atoms with Crippen LogP contribution in [0.3, 0.4) is 0 Å². The van der Waals surface area contributed by atoms with Gasteiger partial charge in [0.1, 0.15) is 35.7 Å². The molecule has 7 aromatic rings. The summed E-state index contributed by atoms with van der Waals surface area (Å²) in [7, 11) is 1.65. The number of carbonyl (C=O) groups is 2. The largest absolute Gasteiger partial charge is 0.496 e. The first-order valence-corrected chi connectivity index (χ1v) is 22.8. The van der Waals surface area contributed by atoms with Crippen molar-refractivity contribution in [2.24, 2.45) is 0 Å². The smallest absolute Gasteiger partial charge is 0.248 e. The van der Waals surface area contributed by atoms with Gasteiger partial charge in [-0.05, 0) is 55.5 Å². The van der Waals surface area contributed by atoms with Gasteiger partial charge in [-0.2, -0.15) is 9.97 Å². The van der Waals surface area contributed by atoms with Gasteiger partial charge in [0.25, 0.3) is 0 Å². The number of pyridine rings is 1. The predicted octanol–water partition coefficient (Wildman–Crippen LogP) is 6.18. The third-order valence-corrected chi connectivity index (χ3v) is 11.8. The predicted molar refractivity (Wildman–Crippen MR) is 253 cm³/mol. The van der Waals surface area contributed by atoms with E-state index in [1.807, 2.05) is 66.3 Å². The maximum absolute atomic E-state index is 13.7. The van der Waals surface area contributed by atoms with Crippen LogP contribution in [0.1, 0.15) is 39.0 Å². The zero-order chi connectivity index (χ0) is 46.4. The van der Waals surface area contributed by atoms with E-state index >= 15 is 0 Å². The van der Waals surface area contributed by atoms with Crippen molar-refractivity contribution < 1.29 is 28.5 Å². The Hall–Kier alpha value is -6.38. The van der Waals surface area contributed by atoms with Gasteiger partial charge in [0.15, 0.2) is 17.0 Å². The molecule has 21 heteroatoms. The zero-order valence-electron chi connectivity index (χ0n) is 36.7. The lowest BCUT2D eigenvalue weighted by atomic mass is 10.1. The summed E-state index contributed by atoms with van der Waals surface area (Å²) < 4.78 is 26.6. The Kier molecular flexibility index (Phi) is 16.7. The molecule has 18 nitrogen and oxygen atoms in total. The van der Waals surface area contributed by atoms with Gasteiger partial charge >= 0.3 is 0 Å². The highest BCUT2D eigenvalue weighted by Crippen LogP contribution is 2.36. The first-order chi connectivity index (χ1) is 32.1. The second-order valence-electron chi connectivity index (χ2n) is 14.9. The van der Waals surface area contributed by atoms with E-state index in [4.69, 9.17) is 47.9 Å². The van der Waals surface area contributed by atoms with E-state index in [2.05, 4.69) is 40.9 Å². The van der Waals surface area contributed by atoms with Crippen LogP contribution < -0.4 is 30.7 Å². The average molecular weight is 958 g/mol. The summed E-state index contributed by atoms with van der Waals surface area (Å²) in [6.45, 7) is 7.33. The zero-order valence-corrected chi connectivity index (χ0v) is 39.0. The van der Waals surface area contributed by atoms with Crippen molar-refractivity contribution in [1.82, 2.24) is 44.8 Å². The first-order valence-electron chi connectivity index (χ1n) is 21.0. The number of halogens is 2. The molecule has 0 bridgehead atoms. The minimum atomic E-state index is -0.963. The highest BCUT2D eigenvalue weighted by atomic mass is 35.5. The minimum absolute atomic E-state index is 0.0863. The van der Waals surface area contributed by atoms with Gasteiger partial charge in [0, 0.05) is 41.0 Å². The van der Waals surface area contributed by atoms with Gasteiger partial charge < -0.3 is 39.9 Å². The number of hydrogen-bond donors (Lipinski definition) is 3. The Morgan fingerprint density at radius 1 is 0.985 bits per heavy atom. The van der Waals surface area contributed by atoms with Crippen molar-refractivity contribution >= 4 is 75.0 Å². The number of hydrogen-bond acceptors (Lipinski definition) is 15. The number of benzene rings is 2. The van der Waals surface area contributed by atoms with E-state index in [0.717, 1.165) is 28.1 Å². The summed E-state index contributed by atoms with van der Waals surface area (Å²) in [5.74, 6) is 0.668. The highest BCUT2D eigenvalue weighted by Gasteiger charge is 2.33. The molecule has 5 heterocycles. The molecule has 1 unspecified atom stereocenters. The summed E-state index contributed by atoms with van der Waals surface area (Å²) >= 11 is 14.2. The second kappa shape index (κ2) is 23.2. The fraction of sp³-hybridized carbons (Fsp3) is 0.333. The number of fused-ring (bicyclic) bond motifs is 1. The van der Waals surface area contributed by atoms with E-state index in [9.17, 15) is 9.59 Å². The maximum Gasteiger partial charge on any atom is 0.248 e. The number of alkyl halides is 1. The summed E-state index contributed by atoms with van der Waals surface area (Å²) in [6.07, 6.45) is 5.88. The number of aromatic nitrogens is 8. The summed E-state index contributed by atoms with van der Waals surface area (Å²) in [5, 5.41) is 16.7. The van der Waals surface area contributed by atoms with Gasteiger partial charge in [-0.1, -0.05) is 53.2 Å². The second-order valence-corrected chi connectivity index (χ2v) is 16.5. The van der Waals surface area contributed by atoms with Crippen molar-refractivity contribution in [3.8, 4) is 11.5 Å². The molecule has 0 saturated heterocycles. The Bertz CT molecular complexity index is 2700. The number of nitrogens with two attached hydrogens (primary N) is 1. The van der Waals surface area contributed by atoms with Gasteiger partial charge in [0.2, 0.25) is 17.8 Å². The van der Waals surface area contributed by atoms with Crippen molar-refractivity contribution in [2.75, 3.05) is 68.5 Å². The quantitative estimate of drug-likeness (QED) is 0.0456. The number of nitrogens with one attached hydrogen (secondary N) is 2. The van der Waals surface area contributed by atoms with Crippen LogP contribution in [0, 0.1) is 13.8 Å². The van der Waals surface area contributed by atoms with Crippen LogP contribution in [0.5, 0.6) is 11.5 Å². The topological polar surface area (TPSA) is 212 Å². The third-order valence-electron chi connectivity index (χ3n) is 10.3. The number of imidazole rings is 1. The van der Waals surface area contributed by atoms with Crippen LogP contribution in [0.4, 0.5) is 17.5 Å². The molecule has 0 radical (unpaired) electrons. The van der Waals surface area contributed by atoms with Crippen LogP contribution >= 0.6 is 34.5 Å². The molecule has 0 spiro atoms. The molecule has 0 fully saturated rings. The molecule has 2 amide bonds. The Balaban J connectivity index is 0.834. The standard InChI is InChI=1S/C45H50Cl2N12O6S/c1-29-24-51-35(30(2)41(29)62-3)26-57-28-52-39-42(53-45(48)54-43(39)57)49-15-17-63-19-20-64-18-16-58-25-32(55-56-58)27-65-36-12-11-33(22-34(36)47)59(38(60)23-46)40(37-10-7-21-66-37)44(61)50-14-13-31-8-5-4-6-9-31/h4-12,21-22,24-25,28,40H,13-20,23,26-27H2,1-3H3,(H,50,61)(H3,48,49,53,54). The molecule has 2 aromatic carbocycles. The number of amides is 2. The number of nitrogens with zero attached hydrogens (tertiary/aromatic N) is 9. The van der Waals surface area contributed by atoms with Crippen LogP contribution in [0.15, 0.2) is 84.8 Å². The molecule has 0 aliphatic heterocycles. The minimum Gasteiger partial charge on any atom is -0.496 e. The Morgan fingerprint density at radius 2 is 1.80 bits per heavy atom. The molecule has 0 saturated carbocycles. The van der Waals surface area contributed by atoms with Gasteiger partial charge in [0.05, 0.1) is 69.9 Å². The fourth-order valence-electron chi connectivity index (χ4n) is 7.13. The van der Waals surface area contributed by atoms with E-state index in [1.54, 1.807) is 48.7 Å². The van der Waals surface area contributed by atoms with E-state index in [0.29, 0.717) is 98.0 Å². The maximum atomic E-state index is 13.7. The molecule has 66 heavy (non-hydrogen) atoms. The SMILES string of the molecule is COc1c(C)cnc(Cn2cnc3c(NCCOCCOCCn4cc(COc5ccc(N(C(=O)CCl)C(C(=O)NCCc6ccccc6)c6cccs6)cc5Cl)nn4)nc(N)nc32)c1C. The van der Waals surface area contributed by atoms with E-state index in [1.165, 1.54) is 16.2 Å². The summed E-state index contributed by atoms with van der Waals surface area (Å²) in [5.41, 5.74) is 12.1. The van der Waals surface area contributed by atoms with Crippen LogP contribution in [-0.4, -0.2) is 104 Å². The number of ether oxygens (including phenoxy) is 4. The lowest BCUT2D eigenvalue weighted by molar-refractivity contribution is -0.125. The van der Waals surface area contributed by atoms with Crippen molar-refractivity contribution in [3.05, 3.63) is 123 Å². The summed E-state index contributed by atoms with van der Waals surface area (Å²) in [6, 6.07) is 17.4. The molecule has 4 N–H and O–H groups in total. The number of aryl methyl sites for hydroxylation is 1. The third kappa shape index (κ3) is 12.1. The Labute approximate surface area is 395 Å². The van der Waals surface area contributed by atoms with Crippen LogP contribution in [0.25, 0.3) is 11.2 Å². The first kappa shape index (κ1) is 47.6. The molecule has 0 aliphatic carbocycles. The molecular formula is C45H50Cl2N12O6S. The summed E-state index contributed by atoms with van der Waals surface area (Å²) in [4.78, 5) is 47.1. The van der Waals surface area contributed by atoms with Crippen molar-refractivity contribution in [2.45, 2.75) is 46.0 Å². The monoisotopic (exact) mass is 956 g/mol. The van der Waals surface area contributed by atoms with Crippen molar-refractivity contribution in [1.29, 1.82) is 0 Å². The molecule has 346 valence electrons. The van der Waals surface area contributed by atoms with Crippen LogP contribution in [-0.2, 0) is 45.2 Å². The number of rotatable bonds is 24. The van der Waals surface area contributed by atoms with E-state index < -0.39 is 11.9 Å². The van der Waals surface area contributed by atoms with Gasteiger partial charge in [-0.15, -0.1) is 28.0 Å². The number of carbonyl (C=O) groups excluding carboxylic acids is 2. The normalized spacial score (nSPS) is 11.7. The lowest BCUT2D eigenvalue weighted by Crippen LogP contribution is -2.44. The highest BCUT2D eigenvalue weighted by molar-refractivity contribution is 7.10. The lowest BCUT2D eigenvalue weighted by Gasteiger charge is -2.30. The number of methoxy groups -OCH3 is 1. The Morgan fingerprint density at radius 3 is 2.56 bits per heavy atom. The molecule has 5 aromatic heterocycles. The molecule has 0 aliphatic rings. The van der Waals surface area contributed by atoms with Gasteiger partial charge in [-0.25, -0.2) is 9.67 Å². The molecule has 7 rings (SSSR count). The average Bonchev–Trinajstić information content (AvgIpc) is 4.11. The van der Waals surface area contributed by atoms with Gasteiger partial charge in [-0.3, -0.25) is 19.5 Å².